The molecule has 0 aliphatic rings. The number of nitrogens with zero attached hydrogens (tertiary/aromatic N) is 2. The van der Waals surface area contributed by atoms with E-state index in [0.29, 0.717) is 6.20 Å². The van der Waals surface area contributed by atoms with Gasteiger partial charge in [-0.2, -0.15) is 13.2 Å². The Balaban J connectivity index is 2.09. The highest BCUT2D eigenvalue weighted by molar-refractivity contribution is 7.92. The molecule has 0 saturated carbocycles. The maximum atomic E-state index is 13.1. The van der Waals surface area contributed by atoms with Gasteiger partial charge in [-0.3, -0.25) is 4.57 Å². The van der Waals surface area contributed by atoms with E-state index < -0.39 is 37.7 Å². The van der Waals surface area contributed by atoms with Crippen LogP contribution in [0, 0.1) is 0 Å². The van der Waals surface area contributed by atoms with Gasteiger partial charge in [0.25, 0.3) is 10.0 Å². The van der Waals surface area contributed by atoms with E-state index in [0.717, 1.165) is 10.8 Å². The van der Waals surface area contributed by atoms with E-state index >= 15 is 0 Å². The minimum Gasteiger partial charge on any atom is -0.285 e. The molecule has 29 heavy (non-hydrogen) atoms. The average Bonchev–Trinajstić information content (AvgIpc) is 3.05. The van der Waals surface area contributed by atoms with E-state index in [1.54, 1.807) is 6.07 Å². The number of hydrogen-bond acceptors (Lipinski definition) is 5. The Morgan fingerprint density at radius 1 is 0.897 bits per heavy atom. The van der Waals surface area contributed by atoms with Gasteiger partial charge in [-0.05, 0) is 36.4 Å². The highest BCUT2D eigenvalue weighted by atomic mass is 32.2. The summed E-state index contributed by atoms with van der Waals surface area (Å²) in [5.74, 6) is -0.590. The van der Waals surface area contributed by atoms with Crippen molar-refractivity contribution in [3.8, 4) is 5.69 Å². The lowest BCUT2D eigenvalue weighted by Gasteiger charge is -2.11. The lowest BCUT2D eigenvalue weighted by atomic mass is 10.3. The molecule has 154 valence electrons. The minimum absolute atomic E-state index is 0.0381. The fourth-order valence-corrected chi connectivity index (χ4v) is 4.07. The highest BCUT2D eigenvalue weighted by Crippen LogP contribution is 2.31. The molecule has 0 radical (unpaired) electrons. The third kappa shape index (κ3) is 4.59. The molecule has 0 atom stereocenters. The molecular weight excluding hydrogens is 431 g/mol. The predicted molar refractivity (Wildman–Crippen MR) is 98.9 cm³/mol. The second kappa shape index (κ2) is 7.19. The van der Waals surface area contributed by atoms with Crippen LogP contribution in [-0.2, 0) is 26.0 Å². The van der Waals surface area contributed by atoms with Crippen molar-refractivity contribution < 1.29 is 30.0 Å². The lowest BCUT2D eigenvalue weighted by molar-refractivity contribution is -0.140. The number of anilines is 1. The lowest BCUT2D eigenvalue weighted by Crippen LogP contribution is -2.16. The Morgan fingerprint density at radius 3 is 2.00 bits per heavy atom. The molecule has 0 unspecified atom stereocenters. The largest absolute Gasteiger partial charge is 0.434 e. The Kier molecular flexibility index (Phi) is 5.17. The molecule has 0 aliphatic heterocycles. The smallest absolute Gasteiger partial charge is 0.285 e. The number of sulfonamides is 1. The molecule has 1 heterocycles. The Bertz CT molecular complexity index is 1240. The van der Waals surface area contributed by atoms with Gasteiger partial charge in [0.15, 0.2) is 15.5 Å². The van der Waals surface area contributed by atoms with Gasteiger partial charge in [0.2, 0.25) is 5.95 Å². The summed E-state index contributed by atoms with van der Waals surface area (Å²) in [6.45, 7) is 0. The maximum Gasteiger partial charge on any atom is 0.434 e. The zero-order chi connectivity index (χ0) is 21.4. The van der Waals surface area contributed by atoms with Crippen molar-refractivity contribution in [3.63, 3.8) is 0 Å². The number of aromatic nitrogens is 2. The first-order chi connectivity index (χ1) is 13.4. The van der Waals surface area contributed by atoms with Crippen LogP contribution in [0.3, 0.4) is 0 Å². The van der Waals surface area contributed by atoms with Crippen LogP contribution in [-0.4, -0.2) is 32.6 Å². The zero-order valence-corrected chi connectivity index (χ0v) is 16.4. The van der Waals surface area contributed by atoms with Crippen LogP contribution in [0.25, 0.3) is 5.69 Å². The first kappa shape index (κ1) is 20.9. The van der Waals surface area contributed by atoms with Crippen molar-refractivity contribution in [2.75, 3.05) is 11.0 Å². The van der Waals surface area contributed by atoms with Crippen LogP contribution in [0.4, 0.5) is 19.1 Å². The summed E-state index contributed by atoms with van der Waals surface area (Å²) >= 11 is 0. The van der Waals surface area contributed by atoms with Crippen molar-refractivity contribution >= 4 is 25.8 Å². The number of sulfone groups is 1. The Hall–Kier alpha value is -2.86. The molecule has 1 N–H and O–H groups in total. The molecule has 0 amide bonds. The minimum atomic E-state index is -4.81. The van der Waals surface area contributed by atoms with Gasteiger partial charge in [-0.25, -0.2) is 26.5 Å². The maximum absolute atomic E-state index is 13.1. The number of rotatable bonds is 5. The van der Waals surface area contributed by atoms with Crippen molar-refractivity contribution in [3.05, 3.63) is 66.5 Å². The number of benzene rings is 2. The van der Waals surface area contributed by atoms with Crippen LogP contribution in [0.5, 0.6) is 0 Å². The summed E-state index contributed by atoms with van der Waals surface area (Å²) in [5, 5.41) is 0. The van der Waals surface area contributed by atoms with Gasteiger partial charge in [-0.1, -0.05) is 18.2 Å². The van der Waals surface area contributed by atoms with E-state index in [1.165, 1.54) is 48.5 Å². The van der Waals surface area contributed by atoms with Crippen LogP contribution in [0.1, 0.15) is 5.69 Å². The normalized spacial score (nSPS) is 12.7. The molecule has 7 nitrogen and oxygen atoms in total. The molecule has 0 fully saturated rings. The van der Waals surface area contributed by atoms with Crippen LogP contribution in [0.15, 0.2) is 70.6 Å². The van der Waals surface area contributed by atoms with Crippen LogP contribution >= 0.6 is 0 Å². The Morgan fingerprint density at radius 2 is 1.48 bits per heavy atom. The van der Waals surface area contributed by atoms with Gasteiger partial charge < -0.3 is 0 Å². The fraction of sp³-hybridized carbons (Fsp3) is 0.118. The van der Waals surface area contributed by atoms with Crippen molar-refractivity contribution in [2.24, 2.45) is 0 Å². The van der Waals surface area contributed by atoms with Gasteiger partial charge >= 0.3 is 6.18 Å². The van der Waals surface area contributed by atoms with Gasteiger partial charge in [0.05, 0.1) is 9.79 Å². The number of hydrogen-bond donors (Lipinski definition) is 1. The monoisotopic (exact) mass is 445 g/mol. The topological polar surface area (TPSA) is 98.1 Å². The van der Waals surface area contributed by atoms with E-state index in [4.69, 9.17) is 0 Å². The second-order valence-corrected chi connectivity index (χ2v) is 9.70. The molecule has 3 aromatic rings. The first-order valence-electron chi connectivity index (χ1n) is 7.93. The molecule has 2 aromatic carbocycles. The molecule has 3 rings (SSSR count). The first-order valence-corrected chi connectivity index (χ1v) is 11.3. The summed E-state index contributed by atoms with van der Waals surface area (Å²) < 4.78 is 90.5. The fourth-order valence-electron chi connectivity index (χ4n) is 2.42. The summed E-state index contributed by atoms with van der Waals surface area (Å²) in [7, 11) is -7.72. The number of alkyl halides is 3. The SMILES string of the molecule is CS(=O)(=O)c1ccc(-n2cc(C(F)(F)F)nc2NS(=O)(=O)c2ccccc2)cc1. The molecule has 0 spiro atoms. The van der Waals surface area contributed by atoms with Gasteiger partial charge in [-0.15, -0.1) is 0 Å². The van der Waals surface area contributed by atoms with E-state index in [1.807, 2.05) is 4.72 Å². The van der Waals surface area contributed by atoms with Crippen molar-refractivity contribution in [1.82, 2.24) is 9.55 Å². The van der Waals surface area contributed by atoms with E-state index in [9.17, 15) is 30.0 Å². The van der Waals surface area contributed by atoms with Crippen molar-refractivity contribution in [2.45, 2.75) is 16.0 Å². The van der Waals surface area contributed by atoms with Crippen molar-refractivity contribution in [1.29, 1.82) is 0 Å². The number of imidazole rings is 1. The summed E-state index contributed by atoms with van der Waals surface area (Å²) in [6, 6.07) is 12.0. The number of nitrogens with one attached hydrogen (secondary N) is 1. The highest BCUT2D eigenvalue weighted by Gasteiger charge is 2.35. The van der Waals surface area contributed by atoms with Crippen LogP contribution in [0.2, 0.25) is 0 Å². The van der Waals surface area contributed by atoms with Crippen LogP contribution < -0.4 is 4.72 Å². The summed E-state index contributed by atoms with van der Waals surface area (Å²) in [5.41, 5.74) is -1.22. The second-order valence-electron chi connectivity index (χ2n) is 6.00. The van der Waals surface area contributed by atoms with Gasteiger partial charge in [0.1, 0.15) is 0 Å². The summed E-state index contributed by atoms with van der Waals surface area (Å²) in [4.78, 5) is 3.17. The average molecular weight is 445 g/mol. The Labute approximate surface area is 164 Å². The third-order valence-corrected chi connectivity index (χ3v) is 6.29. The van der Waals surface area contributed by atoms with Gasteiger partial charge in [0, 0.05) is 18.1 Å². The summed E-state index contributed by atoms with van der Waals surface area (Å²) in [6.07, 6.45) is -3.20. The molecule has 0 bridgehead atoms. The quantitative estimate of drug-likeness (QED) is 0.651. The molecule has 1 aromatic heterocycles. The number of halogens is 3. The van der Waals surface area contributed by atoms with E-state index in [-0.39, 0.29) is 15.5 Å². The predicted octanol–water partition coefficient (Wildman–Crippen LogP) is 3.10. The molecule has 0 aliphatic carbocycles. The molecule has 12 heteroatoms. The van der Waals surface area contributed by atoms with E-state index in [2.05, 4.69) is 4.98 Å². The third-order valence-electron chi connectivity index (χ3n) is 3.82. The molecule has 0 saturated heterocycles. The zero-order valence-electron chi connectivity index (χ0n) is 14.8. The molecular formula is C17H14F3N3O4S2. The standard InChI is InChI=1S/C17H14F3N3O4S2/c1-28(24,25)13-9-7-12(8-10-13)23-11-15(17(18,19)20)21-16(23)22-29(26,27)14-5-3-2-4-6-14/h2-11H,1H3,(H,21,22).